The van der Waals surface area contributed by atoms with Crippen LogP contribution in [0.5, 0.6) is 0 Å². The van der Waals surface area contributed by atoms with Crippen molar-refractivity contribution in [3.8, 4) is 0 Å². The Bertz CT molecular complexity index is 114. The summed E-state index contributed by atoms with van der Waals surface area (Å²) in [5, 5.41) is 0. The first-order valence-corrected chi connectivity index (χ1v) is 3.42. The summed E-state index contributed by atoms with van der Waals surface area (Å²) in [7, 11) is 0. The van der Waals surface area contributed by atoms with Crippen molar-refractivity contribution in [2.45, 2.75) is 26.2 Å². The highest BCUT2D eigenvalue weighted by Gasteiger charge is 1.74. The molecule has 0 saturated carbocycles. The van der Waals surface area contributed by atoms with Crippen molar-refractivity contribution in [1.82, 2.24) is 0 Å². The van der Waals surface area contributed by atoms with Gasteiger partial charge in [-0.3, -0.25) is 0 Å². The minimum absolute atomic E-state index is 1.18. The fraction of sp³-hybridized carbons (Fsp3) is 0.444. The average Bonchev–Trinajstić information content (AvgIpc) is 1.89. The molecule has 9 heavy (non-hydrogen) atoms. The molecule has 0 radical (unpaired) electrons. The minimum Gasteiger partial charge on any atom is -0.129 e. The molecule has 0 heteroatoms. The quantitative estimate of drug-likeness (QED) is 0.305. The monoisotopic (exact) mass is 122 g/mol. The summed E-state index contributed by atoms with van der Waals surface area (Å²) in [4.78, 5) is 0. The Labute approximate surface area is 57.6 Å². The molecule has 0 unspecified atom stereocenters. The third kappa shape index (κ3) is 7.26. The fourth-order valence-electron chi connectivity index (χ4n) is 0.554. The summed E-state index contributed by atoms with van der Waals surface area (Å²) >= 11 is 0. The van der Waals surface area contributed by atoms with E-state index in [1.165, 1.54) is 19.3 Å². The van der Waals surface area contributed by atoms with E-state index in [1.54, 1.807) is 0 Å². The number of unbranched alkanes of at least 4 members (excludes halogenated alkanes) is 2. The molecule has 0 aliphatic heterocycles. The molecule has 0 nitrogen and oxygen atoms in total. The Morgan fingerprint density at radius 3 is 2.89 bits per heavy atom. The average molecular weight is 122 g/mol. The van der Waals surface area contributed by atoms with Crippen molar-refractivity contribution in [2.24, 2.45) is 0 Å². The predicted molar refractivity (Wildman–Crippen MR) is 42.4 cm³/mol. The van der Waals surface area contributed by atoms with Crippen molar-refractivity contribution >= 4 is 0 Å². The second kappa shape index (κ2) is 7.26. The van der Waals surface area contributed by atoms with Crippen LogP contribution >= 0.6 is 0 Å². The second-order valence-corrected chi connectivity index (χ2v) is 1.94. The maximum Gasteiger partial charge on any atom is -0.0209 e. The van der Waals surface area contributed by atoms with Crippen LogP contribution < -0.4 is 0 Å². The summed E-state index contributed by atoms with van der Waals surface area (Å²) in [5.41, 5.74) is 2.68. The molecule has 0 aromatic carbocycles. The molecule has 0 saturated heterocycles. The Hall–Kier alpha value is -0.740. The first kappa shape index (κ1) is 8.26. The molecule has 0 aromatic rings. The zero-order valence-electron chi connectivity index (χ0n) is 6.06. The normalized spacial score (nSPS) is 9.44. The molecule has 0 aliphatic carbocycles. The summed E-state index contributed by atoms with van der Waals surface area (Å²) in [5.74, 6) is 0. The highest BCUT2D eigenvalue weighted by Crippen LogP contribution is 1.94. The van der Waals surface area contributed by atoms with Crippen LogP contribution in [0.1, 0.15) is 26.2 Å². The molecule has 0 atom stereocenters. The van der Waals surface area contributed by atoms with Gasteiger partial charge in [0.15, 0.2) is 0 Å². The molecule has 0 spiro atoms. The van der Waals surface area contributed by atoms with Gasteiger partial charge in [0.1, 0.15) is 0 Å². The van der Waals surface area contributed by atoms with Gasteiger partial charge in [0.2, 0.25) is 0 Å². The van der Waals surface area contributed by atoms with Gasteiger partial charge in [-0.05, 0) is 12.5 Å². The Morgan fingerprint density at radius 2 is 2.33 bits per heavy atom. The smallest absolute Gasteiger partial charge is 0.0209 e. The van der Waals surface area contributed by atoms with Gasteiger partial charge in [-0.2, -0.15) is 0 Å². The SMILES string of the molecule is C=C=CC=CCCCC. The third-order valence-electron chi connectivity index (χ3n) is 1.07. The van der Waals surface area contributed by atoms with E-state index in [9.17, 15) is 0 Å². The third-order valence-corrected chi connectivity index (χ3v) is 1.07. The summed E-state index contributed by atoms with van der Waals surface area (Å²) in [6.07, 6.45) is 9.68. The van der Waals surface area contributed by atoms with Crippen LogP contribution in [0.4, 0.5) is 0 Å². The van der Waals surface area contributed by atoms with Gasteiger partial charge < -0.3 is 0 Å². The van der Waals surface area contributed by atoms with Gasteiger partial charge in [-0.25, -0.2) is 0 Å². The topological polar surface area (TPSA) is 0 Å². The molecule has 0 N–H and O–H groups in total. The molecule has 0 rings (SSSR count). The zero-order valence-corrected chi connectivity index (χ0v) is 6.06. The van der Waals surface area contributed by atoms with E-state index in [1.807, 2.05) is 12.2 Å². The van der Waals surface area contributed by atoms with Crippen LogP contribution in [-0.2, 0) is 0 Å². The highest BCUT2D eigenvalue weighted by atomic mass is 13.8. The second-order valence-electron chi connectivity index (χ2n) is 1.94. The number of hydrogen-bond donors (Lipinski definition) is 0. The van der Waals surface area contributed by atoms with Crippen molar-refractivity contribution in [1.29, 1.82) is 0 Å². The Kier molecular flexibility index (Phi) is 6.66. The fourth-order valence-corrected chi connectivity index (χ4v) is 0.554. The van der Waals surface area contributed by atoms with Crippen LogP contribution in [0.3, 0.4) is 0 Å². The molecule has 0 aromatic heterocycles. The van der Waals surface area contributed by atoms with Gasteiger partial charge in [0, 0.05) is 0 Å². The maximum absolute atomic E-state index is 3.45. The van der Waals surface area contributed by atoms with Gasteiger partial charge in [-0.15, -0.1) is 5.73 Å². The number of allylic oxidation sites excluding steroid dienone is 3. The Morgan fingerprint density at radius 1 is 1.56 bits per heavy atom. The van der Waals surface area contributed by atoms with Gasteiger partial charge in [0.05, 0.1) is 0 Å². The van der Waals surface area contributed by atoms with E-state index in [4.69, 9.17) is 0 Å². The van der Waals surface area contributed by atoms with E-state index >= 15 is 0 Å². The molecular formula is C9H14. The molecular weight excluding hydrogens is 108 g/mol. The molecule has 0 bridgehead atoms. The van der Waals surface area contributed by atoms with E-state index in [0.29, 0.717) is 0 Å². The highest BCUT2D eigenvalue weighted by molar-refractivity contribution is 4.99. The largest absolute Gasteiger partial charge is 0.129 e. The van der Waals surface area contributed by atoms with E-state index in [0.717, 1.165) is 0 Å². The summed E-state index contributed by atoms with van der Waals surface area (Å²) in [6, 6.07) is 0. The van der Waals surface area contributed by atoms with E-state index < -0.39 is 0 Å². The van der Waals surface area contributed by atoms with Gasteiger partial charge in [0.25, 0.3) is 0 Å². The van der Waals surface area contributed by atoms with E-state index in [-0.39, 0.29) is 0 Å². The lowest BCUT2D eigenvalue weighted by atomic mass is 10.2. The number of rotatable bonds is 4. The van der Waals surface area contributed by atoms with Crippen LogP contribution in [0.25, 0.3) is 0 Å². The van der Waals surface area contributed by atoms with Gasteiger partial charge >= 0.3 is 0 Å². The van der Waals surface area contributed by atoms with Gasteiger partial charge in [-0.1, -0.05) is 38.5 Å². The lowest BCUT2D eigenvalue weighted by molar-refractivity contribution is 0.815. The molecule has 0 amide bonds. The first-order chi connectivity index (χ1) is 4.41. The van der Waals surface area contributed by atoms with Crippen LogP contribution in [0.2, 0.25) is 0 Å². The summed E-state index contributed by atoms with van der Waals surface area (Å²) < 4.78 is 0. The van der Waals surface area contributed by atoms with E-state index in [2.05, 4.69) is 25.3 Å². The van der Waals surface area contributed by atoms with Crippen LogP contribution in [0.15, 0.2) is 30.5 Å². The van der Waals surface area contributed by atoms with Crippen molar-refractivity contribution in [3.05, 3.63) is 30.5 Å². The Balaban J connectivity index is 3.14. The minimum atomic E-state index is 1.18. The van der Waals surface area contributed by atoms with Crippen LogP contribution in [0, 0.1) is 0 Å². The number of hydrogen-bond acceptors (Lipinski definition) is 0. The standard InChI is InChI=1S/C9H14/c1-3-5-7-9-8-6-4-2/h5,7,9H,1,4,6,8H2,2H3. The zero-order chi connectivity index (χ0) is 6.95. The molecule has 0 aliphatic rings. The van der Waals surface area contributed by atoms with Crippen LogP contribution in [-0.4, -0.2) is 0 Å². The first-order valence-electron chi connectivity index (χ1n) is 3.42. The maximum atomic E-state index is 3.45. The molecule has 50 valence electrons. The lowest BCUT2D eigenvalue weighted by Crippen LogP contribution is -1.64. The van der Waals surface area contributed by atoms with Crippen molar-refractivity contribution in [2.75, 3.05) is 0 Å². The predicted octanol–water partition coefficient (Wildman–Crippen LogP) is 3.07. The summed E-state index contributed by atoms with van der Waals surface area (Å²) in [6.45, 7) is 5.64. The van der Waals surface area contributed by atoms with Crippen molar-refractivity contribution < 1.29 is 0 Å². The lowest BCUT2D eigenvalue weighted by Gasteiger charge is -1.84. The molecule has 0 fully saturated rings. The van der Waals surface area contributed by atoms with Crippen molar-refractivity contribution in [3.63, 3.8) is 0 Å². The molecule has 0 heterocycles.